The number of thiol groups is 2. The van der Waals surface area contributed by atoms with Crippen molar-refractivity contribution >= 4 is 21.4 Å². The van der Waals surface area contributed by atoms with Gasteiger partial charge >= 0.3 is 0 Å². The Morgan fingerprint density at radius 3 is 1.55 bits per heavy atom. The minimum Gasteiger partial charge on any atom is -0.230 e. The number of hydrogen-bond acceptors (Lipinski definition) is 4. The van der Waals surface area contributed by atoms with Gasteiger partial charge in [-0.25, -0.2) is 16.8 Å². The highest BCUT2D eigenvalue weighted by Gasteiger charge is 2.33. The topological polar surface area (TPSA) is 68.3 Å². The second kappa shape index (κ2) is 4.06. The molecule has 0 aromatic rings. The van der Waals surface area contributed by atoms with Crippen LogP contribution in [0.5, 0.6) is 0 Å². The van der Waals surface area contributed by atoms with E-state index in [1.165, 1.54) is 6.92 Å². The minimum atomic E-state index is -2.95. The van der Waals surface area contributed by atoms with Gasteiger partial charge in [0.25, 0.3) is 0 Å². The zero-order valence-corrected chi connectivity index (χ0v) is 7.94. The maximum absolute atomic E-state index is 10.5. The van der Waals surface area contributed by atoms with Gasteiger partial charge in [-0.2, -0.15) is 0 Å². The summed E-state index contributed by atoms with van der Waals surface area (Å²) in [5, 5.41) is 0. The van der Waals surface area contributed by atoms with E-state index in [0.717, 1.165) is 0 Å². The lowest BCUT2D eigenvalue weighted by Crippen LogP contribution is -2.30. The lowest BCUT2D eigenvalue weighted by molar-refractivity contribution is 0.555. The van der Waals surface area contributed by atoms with E-state index in [4.69, 9.17) is 0 Å². The van der Waals surface area contributed by atoms with Crippen molar-refractivity contribution in [2.45, 2.75) is 23.8 Å². The molecule has 0 aliphatic heterocycles. The third-order valence-corrected chi connectivity index (χ3v) is 5.07. The van der Waals surface area contributed by atoms with Gasteiger partial charge in [0.1, 0.15) is 0 Å². The van der Waals surface area contributed by atoms with E-state index in [2.05, 4.69) is 6.92 Å². The van der Waals surface area contributed by atoms with Crippen LogP contribution < -0.4 is 0 Å². The van der Waals surface area contributed by atoms with Crippen LogP contribution in [-0.4, -0.2) is 20.9 Å². The number of rotatable bonds is 4. The van der Waals surface area contributed by atoms with Gasteiger partial charge in [-0.3, -0.25) is 0 Å². The third kappa shape index (κ3) is 1.93. The van der Waals surface area contributed by atoms with Crippen molar-refractivity contribution < 1.29 is 16.8 Å². The van der Waals surface area contributed by atoms with E-state index in [0.29, 0.717) is 0 Å². The number of hydrogen-bond donors (Lipinski definition) is 2. The van der Waals surface area contributed by atoms with E-state index in [9.17, 15) is 16.8 Å². The zero-order chi connectivity index (χ0) is 9.07. The van der Waals surface area contributed by atoms with Crippen LogP contribution in [0, 0.1) is 6.92 Å². The average molecular weight is 199 g/mol. The summed E-state index contributed by atoms with van der Waals surface area (Å²) in [5.41, 5.74) is 0. The Morgan fingerprint density at radius 2 is 1.55 bits per heavy atom. The third-order valence-electron chi connectivity index (χ3n) is 1.65. The highest BCUT2D eigenvalue weighted by atomic mass is 32.2. The van der Waals surface area contributed by atoms with E-state index >= 15 is 0 Å². The predicted octanol–water partition coefficient (Wildman–Crippen LogP) is -0.460. The van der Waals surface area contributed by atoms with Gasteiger partial charge in [0, 0.05) is 0 Å². The summed E-state index contributed by atoms with van der Waals surface area (Å²) in [6, 6.07) is 0. The Bertz CT molecular complexity index is 220. The second-order valence-corrected chi connectivity index (χ2v) is 5.19. The van der Waals surface area contributed by atoms with Gasteiger partial charge in [0.15, 0.2) is 25.5 Å². The van der Waals surface area contributed by atoms with Crippen molar-refractivity contribution in [1.82, 2.24) is 0 Å². The Morgan fingerprint density at radius 1 is 1.18 bits per heavy atom. The molecule has 0 aliphatic carbocycles. The summed E-state index contributed by atoms with van der Waals surface area (Å²) in [6.45, 7) is 4.82. The molecule has 0 unspecified atom stereocenters. The zero-order valence-electron chi connectivity index (χ0n) is 6.15. The predicted molar refractivity (Wildman–Crippen MR) is 43.6 cm³/mol. The van der Waals surface area contributed by atoms with Crippen LogP contribution in [0.15, 0.2) is 0 Å². The molecule has 0 saturated carbocycles. The normalized spacial score (nSPS) is 12.7. The molecule has 0 saturated heterocycles. The molecule has 0 heterocycles. The summed E-state index contributed by atoms with van der Waals surface area (Å²) in [6.07, 6.45) is -0.0607. The smallest absolute Gasteiger partial charge is 0.167 e. The molecular weight excluding hydrogens is 188 g/mol. The van der Waals surface area contributed by atoms with E-state index in [1.54, 1.807) is 0 Å². The molecule has 67 valence electrons. The fourth-order valence-electron chi connectivity index (χ4n) is 0.684. The lowest BCUT2D eigenvalue weighted by atomic mass is 10.2. The van der Waals surface area contributed by atoms with Gasteiger partial charge in [0.2, 0.25) is 0 Å². The summed E-state index contributed by atoms with van der Waals surface area (Å²) < 4.78 is 40.5. The second-order valence-electron chi connectivity index (χ2n) is 2.10. The first-order valence-electron chi connectivity index (χ1n) is 3.09. The van der Waals surface area contributed by atoms with Crippen LogP contribution >= 0.6 is 0 Å². The summed E-state index contributed by atoms with van der Waals surface area (Å²) in [4.78, 5) is 0. The standard InChI is InChI=1S/C5H11O4S2/c1-3-5(4-2,10(6)7)11(8)9/h10-11H,1,3-4H2,2H3. The quantitative estimate of drug-likeness (QED) is 0.601. The molecule has 0 rings (SSSR count). The van der Waals surface area contributed by atoms with E-state index in [1.807, 2.05) is 0 Å². The highest BCUT2D eigenvalue weighted by Crippen LogP contribution is 2.19. The van der Waals surface area contributed by atoms with Crippen LogP contribution in [0.1, 0.15) is 19.8 Å². The largest absolute Gasteiger partial charge is 0.230 e. The van der Waals surface area contributed by atoms with Crippen molar-refractivity contribution in [1.29, 1.82) is 0 Å². The van der Waals surface area contributed by atoms with E-state index in [-0.39, 0.29) is 12.8 Å². The first-order valence-corrected chi connectivity index (χ1v) is 5.45. The van der Waals surface area contributed by atoms with Crippen molar-refractivity contribution in [3.05, 3.63) is 6.92 Å². The molecule has 0 fully saturated rings. The molecule has 4 nitrogen and oxygen atoms in total. The Labute approximate surface area is 69.5 Å². The first-order chi connectivity index (χ1) is 5.01. The summed E-state index contributed by atoms with van der Waals surface area (Å²) >= 11 is 0. The monoisotopic (exact) mass is 199 g/mol. The van der Waals surface area contributed by atoms with Gasteiger partial charge in [-0.05, 0) is 12.8 Å². The molecule has 0 aromatic carbocycles. The van der Waals surface area contributed by atoms with Crippen LogP contribution in [-0.2, 0) is 21.4 Å². The van der Waals surface area contributed by atoms with Crippen molar-refractivity contribution in [2.75, 3.05) is 0 Å². The van der Waals surface area contributed by atoms with Crippen molar-refractivity contribution in [2.24, 2.45) is 0 Å². The summed E-state index contributed by atoms with van der Waals surface area (Å²) in [5.74, 6) is 0. The first kappa shape index (κ1) is 10.9. The lowest BCUT2D eigenvalue weighted by Gasteiger charge is -2.15. The molecule has 6 heteroatoms. The Kier molecular flexibility index (Phi) is 4.02. The molecule has 0 atom stereocenters. The Hall–Kier alpha value is -0.100. The van der Waals surface area contributed by atoms with Crippen molar-refractivity contribution in [3.63, 3.8) is 0 Å². The van der Waals surface area contributed by atoms with Crippen molar-refractivity contribution in [3.8, 4) is 0 Å². The fourth-order valence-corrected chi connectivity index (χ4v) is 2.10. The molecule has 0 N–H and O–H groups in total. The van der Waals surface area contributed by atoms with Gasteiger partial charge in [-0.15, -0.1) is 0 Å². The van der Waals surface area contributed by atoms with Gasteiger partial charge < -0.3 is 0 Å². The van der Waals surface area contributed by atoms with Gasteiger partial charge in [0.05, 0.1) is 0 Å². The molecule has 0 aromatic heterocycles. The maximum atomic E-state index is 10.5. The molecule has 0 amide bonds. The minimum absolute atomic E-state index is 0.0634. The molecule has 11 heavy (non-hydrogen) atoms. The highest BCUT2D eigenvalue weighted by molar-refractivity contribution is 7.92. The van der Waals surface area contributed by atoms with Crippen LogP contribution in [0.3, 0.4) is 0 Å². The van der Waals surface area contributed by atoms with Crippen LogP contribution in [0.4, 0.5) is 0 Å². The van der Waals surface area contributed by atoms with Crippen LogP contribution in [0.2, 0.25) is 0 Å². The summed E-state index contributed by atoms with van der Waals surface area (Å²) in [7, 11) is -5.89. The molecule has 0 spiro atoms. The SMILES string of the molecule is [CH2]CC(CC)([SH](=O)=O)[SH](=O)=O. The maximum Gasteiger partial charge on any atom is 0.167 e. The Balaban J connectivity index is 5.08. The van der Waals surface area contributed by atoms with E-state index < -0.39 is 25.5 Å². The average Bonchev–Trinajstić information content (AvgIpc) is 1.90. The van der Waals surface area contributed by atoms with Gasteiger partial charge in [-0.1, -0.05) is 13.8 Å². The molecule has 1 radical (unpaired) electrons. The molecular formula is C5H11O4S2. The fraction of sp³-hybridized carbons (Fsp3) is 0.800. The molecule has 0 aliphatic rings. The molecule has 0 bridgehead atoms. The van der Waals surface area contributed by atoms with Crippen LogP contribution in [0.25, 0.3) is 0 Å².